The Morgan fingerprint density at radius 2 is 0.938 bits per heavy atom. The number of hydrogen-bond donors (Lipinski definition) is 6. The van der Waals surface area contributed by atoms with Crippen molar-refractivity contribution in [2.75, 3.05) is 0 Å². The molecule has 0 spiro atoms. The molecule has 6 rings (SSSR count). The van der Waals surface area contributed by atoms with Crippen molar-refractivity contribution in [3.05, 3.63) is 143 Å². The van der Waals surface area contributed by atoms with Crippen molar-refractivity contribution in [2.45, 2.75) is 74.8 Å². The normalized spacial score (nSPS) is 22.2. The molecule has 4 aromatic rings. The topological polar surface area (TPSA) is 158 Å². The van der Waals surface area contributed by atoms with Crippen LogP contribution in [0.1, 0.15) is 45.5 Å². The third-order valence-corrected chi connectivity index (χ3v) is 9.04. The van der Waals surface area contributed by atoms with Crippen LogP contribution in [0.3, 0.4) is 0 Å². The molecule has 0 saturated heterocycles. The van der Waals surface area contributed by atoms with Gasteiger partial charge in [0.25, 0.3) is 11.8 Å². The number of carbonyl (C=O) groups excluding carboxylic acids is 2. The molecule has 0 heterocycles. The van der Waals surface area contributed by atoms with Gasteiger partial charge in [0.2, 0.25) is 0 Å². The minimum absolute atomic E-state index is 0.0840. The summed E-state index contributed by atoms with van der Waals surface area (Å²) in [5, 5.41) is 50.5. The predicted octanol–water partition coefficient (Wildman–Crippen LogP) is 2.43. The van der Waals surface area contributed by atoms with Crippen LogP contribution < -0.4 is 10.6 Å². The van der Waals surface area contributed by atoms with Gasteiger partial charge in [0, 0.05) is 12.8 Å². The number of ether oxygens (including phenoxy) is 2. The van der Waals surface area contributed by atoms with E-state index >= 15 is 0 Å². The molecule has 250 valence electrons. The number of carbonyl (C=O) groups is 2. The van der Waals surface area contributed by atoms with E-state index in [9.17, 15) is 30.0 Å². The molecule has 2 aliphatic rings. The molecule has 8 atom stereocenters. The lowest BCUT2D eigenvalue weighted by atomic mass is 9.99. The van der Waals surface area contributed by atoms with Gasteiger partial charge in [-0.15, -0.1) is 0 Å². The molecule has 0 aliphatic heterocycles. The third kappa shape index (κ3) is 7.50. The Morgan fingerprint density at radius 1 is 0.583 bits per heavy atom. The van der Waals surface area contributed by atoms with E-state index in [2.05, 4.69) is 10.6 Å². The van der Waals surface area contributed by atoms with Crippen LogP contribution in [0.5, 0.6) is 0 Å². The molecule has 10 nitrogen and oxygen atoms in total. The highest BCUT2D eigenvalue weighted by molar-refractivity contribution is 5.84. The number of aliphatic hydroxyl groups excluding tert-OH is 4. The van der Waals surface area contributed by atoms with Gasteiger partial charge in [-0.3, -0.25) is 9.59 Å². The summed E-state index contributed by atoms with van der Waals surface area (Å²) in [6.07, 6.45) is -8.32. The number of hydrogen-bond acceptors (Lipinski definition) is 8. The van der Waals surface area contributed by atoms with Crippen LogP contribution in [-0.2, 0) is 45.1 Å². The third-order valence-electron chi connectivity index (χ3n) is 9.04. The van der Waals surface area contributed by atoms with Crippen LogP contribution in [0.2, 0.25) is 0 Å². The first kappa shape index (κ1) is 33.5. The summed E-state index contributed by atoms with van der Waals surface area (Å²) in [4.78, 5) is 27.7. The molecule has 10 heteroatoms. The van der Waals surface area contributed by atoms with Gasteiger partial charge in [0.1, 0.15) is 12.2 Å². The van der Waals surface area contributed by atoms with Gasteiger partial charge in [0.15, 0.2) is 12.2 Å². The summed E-state index contributed by atoms with van der Waals surface area (Å²) >= 11 is 0. The summed E-state index contributed by atoms with van der Waals surface area (Å²) in [6.45, 7) is -0.168. The highest BCUT2D eigenvalue weighted by Gasteiger charge is 2.44. The van der Waals surface area contributed by atoms with Gasteiger partial charge in [0.05, 0.1) is 37.5 Å². The molecule has 0 saturated carbocycles. The summed E-state index contributed by atoms with van der Waals surface area (Å²) in [6, 6.07) is 31.2. The van der Waals surface area contributed by atoms with E-state index < -0.39 is 60.5 Å². The number of amides is 2. The maximum absolute atomic E-state index is 13.9. The van der Waals surface area contributed by atoms with Crippen molar-refractivity contribution in [1.29, 1.82) is 0 Å². The Bertz CT molecular complexity index is 1560. The van der Waals surface area contributed by atoms with Crippen molar-refractivity contribution < 1.29 is 39.5 Å². The molecule has 0 aromatic heterocycles. The second-order valence-electron chi connectivity index (χ2n) is 12.3. The van der Waals surface area contributed by atoms with Gasteiger partial charge in [-0.05, 0) is 33.4 Å². The summed E-state index contributed by atoms with van der Waals surface area (Å²) in [7, 11) is 0. The van der Waals surface area contributed by atoms with Crippen LogP contribution in [0, 0.1) is 0 Å². The van der Waals surface area contributed by atoms with E-state index in [1.165, 1.54) is 0 Å². The predicted molar refractivity (Wildman–Crippen MR) is 176 cm³/mol. The summed E-state index contributed by atoms with van der Waals surface area (Å²) < 4.78 is 11.9. The molecule has 2 unspecified atom stereocenters. The van der Waals surface area contributed by atoms with Crippen molar-refractivity contribution in [3.63, 3.8) is 0 Å². The second-order valence-corrected chi connectivity index (χ2v) is 12.3. The molecule has 0 bridgehead atoms. The first-order valence-electron chi connectivity index (χ1n) is 16.1. The average Bonchev–Trinajstić information content (AvgIpc) is 3.59. The molecule has 0 radical (unpaired) electrons. The lowest BCUT2D eigenvalue weighted by molar-refractivity contribution is -0.171. The molecular weight excluding hydrogens is 612 g/mol. The zero-order valence-corrected chi connectivity index (χ0v) is 26.3. The van der Waals surface area contributed by atoms with Crippen molar-refractivity contribution in [1.82, 2.24) is 10.6 Å². The Morgan fingerprint density at radius 3 is 1.33 bits per heavy atom. The van der Waals surface area contributed by atoms with Gasteiger partial charge in [-0.25, -0.2) is 0 Å². The number of fused-ring (bicyclic) bond motifs is 2. The van der Waals surface area contributed by atoms with Crippen LogP contribution >= 0.6 is 0 Å². The highest BCUT2D eigenvalue weighted by atomic mass is 16.5. The molecule has 48 heavy (non-hydrogen) atoms. The van der Waals surface area contributed by atoms with Crippen LogP contribution in [-0.4, -0.2) is 68.9 Å². The quantitative estimate of drug-likeness (QED) is 0.129. The Balaban J connectivity index is 1.25. The van der Waals surface area contributed by atoms with E-state index in [-0.39, 0.29) is 13.2 Å². The van der Waals surface area contributed by atoms with Gasteiger partial charge >= 0.3 is 0 Å². The van der Waals surface area contributed by atoms with E-state index in [0.717, 1.165) is 22.3 Å². The maximum Gasteiger partial charge on any atom is 0.252 e. The standard InChI is InChI=1S/C38H40N2O8/c41-29-19-25-15-7-9-17-27(25)31(29)39-37(45)35(47-21-23-11-3-1-4-12-23)33(43)34(44)36(48-22-24-13-5-2-6-14-24)38(46)40-32-28-18-10-8-16-26(28)20-30(32)42/h1-18,29-36,41-44H,19-22H2,(H,39,45)(H,40,46)/t29-,30-,31?,32?,33-,34-,35-,36-/m1/s1. The average molecular weight is 653 g/mol. The van der Waals surface area contributed by atoms with E-state index in [0.29, 0.717) is 24.0 Å². The monoisotopic (exact) mass is 652 g/mol. The molecule has 6 N–H and O–H groups in total. The Kier molecular flexibility index (Phi) is 10.6. The molecule has 2 amide bonds. The van der Waals surface area contributed by atoms with E-state index in [4.69, 9.17) is 9.47 Å². The zero-order chi connectivity index (χ0) is 33.6. The smallest absolute Gasteiger partial charge is 0.252 e. The lowest BCUT2D eigenvalue weighted by Crippen LogP contribution is -2.57. The maximum atomic E-state index is 13.9. The SMILES string of the molecule is O=C(NC1c2ccccc2C[C@H]1O)[C@H](OCc1ccccc1)[C@H](O)[C@@H](O)[C@@H](OCc1ccccc1)C(=O)NC1c2ccccc2C[C@H]1O. The minimum atomic E-state index is -1.94. The summed E-state index contributed by atoms with van der Waals surface area (Å²) in [5.74, 6) is -1.55. The summed E-state index contributed by atoms with van der Waals surface area (Å²) in [5.41, 5.74) is 4.69. The Labute approximate surface area is 279 Å². The second kappa shape index (κ2) is 15.2. The zero-order valence-electron chi connectivity index (χ0n) is 26.3. The molecule has 2 aliphatic carbocycles. The molecule has 4 aromatic carbocycles. The van der Waals surface area contributed by atoms with E-state index in [1.54, 1.807) is 48.5 Å². The first-order chi connectivity index (χ1) is 23.3. The van der Waals surface area contributed by atoms with Crippen LogP contribution in [0.15, 0.2) is 109 Å². The fraction of sp³-hybridized carbons (Fsp3) is 0.316. The van der Waals surface area contributed by atoms with Crippen molar-refractivity contribution >= 4 is 11.8 Å². The molecule has 0 fully saturated rings. The van der Waals surface area contributed by atoms with Gasteiger partial charge < -0.3 is 40.5 Å². The largest absolute Gasteiger partial charge is 0.390 e. The minimum Gasteiger partial charge on any atom is -0.390 e. The van der Waals surface area contributed by atoms with Crippen LogP contribution in [0.4, 0.5) is 0 Å². The first-order valence-corrected chi connectivity index (χ1v) is 16.1. The lowest BCUT2D eigenvalue weighted by Gasteiger charge is -2.32. The van der Waals surface area contributed by atoms with Gasteiger partial charge in [-0.1, -0.05) is 109 Å². The fourth-order valence-corrected chi connectivity index (χ4v) is 6.50. The van der Waals surface area contributed by atoms with Crippen molar-refractivity contribution in [2.24, 2.45) is 0 Å². The number of benzene rings is 4. The Hall–Kier alpha value is -4.42. The number of nitrogens with one attached hydrogen (secondary N) is 2. The number of aliphatic hydroxyl groups is 4. The van der Waals surface area contributed by atoms with Crippen molar-refractivity contribution in [3.8, 4) is 0 Å². The number of rotatable bonds is 13. The van der Waals surface area contributed by atoms with Gasteiger partial charge in [-0.2, -0.15) is 0 Å². The van der Waals surface area contributed by atoms with Crippen LogP contribution in [0.25, 0.3) is 0 Å². The molecular formula is C38H40N2O8. The fourth-order valence-electron chi connectivity index (χ4n) is 6.50. The highest BCUT2D eigenvalue weighted by Crippen LogP contribution is 2.33. The van der Waals surface area contributed by atoms with E-state index in [1.807, 2.05) is 60.7 Å².